The van der Waals surface area contributed by atoms with E-state index in [0.29, 0.717) is 11.5 Å². The van der Waals surface area contributed by atoms with Crippen molar-refractivity contribution in [3.63, 3.8) is 0 Å². The lowest BCUT2D eigenvalue weighted by atomic mass is 9.73. The van der Waals surface area contributed by atoms with Crippen LogP contribution in [0.4, 0.5) is 0 Å². The topological polar surface area (TPSA) is 40.5 Å². The van der Waals surface area contributed by atoms with Crippen LogP contribution in [0, 0.1) is 0 Å². The van der Waals surface area contributed by atoms with Crippen molar-refractivity contribution in [1.29, 1.82) is 0 Å². The van der Waals surface area contributed by atoms with Crippen LogP contribution in [0.15, 0.2) is 103 Å². The smallest absolute Gasteiger partial charge is 0.115 e. The molecule has 0 aliphatic heterocycles. The summed E-state index contributed by atoms with van der Waals surface area (Å²) in [6, 6.07) is 34.1. The molecule has 0 saturated carbocycles. The fraction of sp³-hybridized carbons (Fsp3) is 0.368. The minimum atomic E-state index is 0.0799. The van der Waals surface area contributed by atoms with Gasteiger partial charge >= 0.3 is 0 Å². The van der Waals surface area contributed by atoms with E-state index in [2.05, 4.69) is 105 Å². The van der Waals surface area contributed by atoms with Gasteiger partial charge in [0.05, 0.1) is 0 Å². The van der Waals surface area contributed by atoms with Crippen molar-refractivity contribution in [1.82, 2.24) is 0 Å². The Labute approximate surface area is 242 Å². The molecule has 4 aromatic rings. The van der Waals surface area contributed by atoms with Gasteiger partial charge in [-0.2, -0.15) is 0 Å². The van der Waals surface area contributed by atoms with Gasteiger partial charge in [-0.1, -0.05) is 141 Å². The number of benzene rings is 4. The Morgan fingerprint density at radius 2 is 0.950 bits per heavy atom. The van der Waals surface area contributed by atoms with E-state index in [1.165, 1.54) is 27.8 Å². The SMILES string of the molecule is CC(C)(C)c1ccc(C2(C)CC(C)(C)c3ccc(C(C)(C)C)cc32)cc1.Oc1ccccc1.Oc1ccccc1. The lowest BCUT2D eigenvalue weighted by molar-refractivity contribution is 0.424. The van der Waals surface area contributed by atoms with E-state index in [-0.39, 0.29) is 21.7 Å². The highest BCUT2D eigenvalue weighted by atomic mass is 16.3. The zero-order valence-electron chi connectivity index (χ0n) is 25.9. The number of phenolic OH excluding ortho intramolecular Hbond substituents is 2. The summed E-state index contributed by atoms with van der Waals surface area (Å²) in [5, 5.41) is 17.3. The third-order valence-corrected chi connectivity index (χ3v) is 7.91. The maximum absolute atomic E-state index is 8.63. The Morgan fingerprint density at radius 1 is 0.525 bits per heavy atom. The molecule has 4 aromatic carbocycles. The number of phenols is 2. The number of aromatic hydroxyl groups is 2. The van der Waals surface area contributed by atoms with E-state index >= 15 is 0 Å². The molecule has 0 amide bonds. The van der Waals surface area contributed by atoms with E-state index in [1.807, 2.05) is 12.1 Å². The molecule has 0 spiro atoms. The molecule has 0 radical (unpaired) electrons. The number of rotatable bonds is 1. The molecule has 5 rings (SSSR count). The molecular weight excluding hydrogens is 488 g/mol. The molecule has 0 fully saturated rings. The van der Waals surface area contributed by atoms with Crippen molar-refractivity contribution >= 4 is 0 Å². The molecule has 212 valence electrons. The summed E-state index contributed by atoms with van der Waals surface area (Å²) in [7, 11) is 0. The molecule has 1 aliphatic carbocycles. The third kappa shape index (κ3) is 7.56. The Kier molecular flexibility index (Phi) is 9.24. The molecule has 2 N–H and O–H groups in total. The normalized spacial score (nSPS) is 17.5. The van der Waals surface area contributed by atoms with Gasteiger partial charge in [-0.15, -0.1) is 0 Å². The average molecular weight is 537 g/mol. The van der Waals surface area contributed by atoms with Crippen LogP contribution in [0.3, 0.4) is 0 Å². The predicted octanol–water partition coefficient (Wildman–Crippen LogP) is 10.1. The summed E-state index contributed by atoms with van der Waals surface area (Å²) in [5.74, 6) is 0.644. The van der Waals surface area contributed by atoms with Gasteiger partial charge in [0.25, 0.3) is 0 Å². The van der Waals surface area contributed by atoms with Crippen LogP contribution in [0.1, 0.15) is 96.6 Å². The van der Waals surface area contributed by atoms with Crippen LogP contribution in [0.2, 0.25) is 0 Å². The first kappa shape index (κ1) is 31.0. The fourth-order valence-electron chi connectivity index (χ4n) is 5.58. The molecule has 2 nitrogen and oxygen atoms in total. The summed E-state index contributed by atoms with van der Waals surface area (Å²) in [5.41, 5.74) is 8.01. The second-order valence-electron chi connectivity index (χ2n) is 13.9. The van der Waals surface area contributed by atoms with Crippen LogP contribution in [-0.4, -0.2) is 10.2 Å². The van der Waals surface area contributed by atoms with E-state index in [9.17, 15) is 0 Å². The molecular formula is C38H48O2. The van der Waals surface area contributed by atoms with Gasteiger partial charge in [-0.05, 0) is 74.7 Å². The van der Waals surface area contributed by atoms with Gasteiger partial charge in [0.2, 0.25) is 0 Å². The van der Waals surface area contributed by atoms with Crippen molar-refractivity contribution in [2.45, 2.75) is 90.4 Å². The summed E-state index contributed by atoms with van der Waals surface area (Å²) >= 11 is 0. The Bertz CT molecular complexity index is 1320. The monoisotopic (exact) mass is 536 g/mol. The van der Waals surface area contributed by atoms with Crippen LogP contribution < -0.4 is 0 Å². The van der Waals surface area contributed by atoms with Gasteiger partial charge in [0.15, 0.2) is 0 Å². The van der Waals surface area contributed by atoms with Crippen molar-refractivity contribution in [3.05, 3.63) is 131 Å². The van der Waals surface area contributed by atoms with Crippen LogP contribution in [0.25, 0.3) is 0 Å². The van der Waals surface area contributed by atoms with Gasteiger partial charge in [-0.25, -0.2) is 0 Å². The molecule has 2 heteroatoms. The maximum Gasteiger partial charge on any atom is 0.115 e. The highest BCUT2D eigenvalue weighted by Crippen LogP contribution is 2.53. The molecule has 0 aromatic heterocycles. The van der Waals surface area contributed by atoms with Gasteiger partial charge < -0.3 is 10.2 Å². The molecule has 1 aliphatic rings. The first-order valence-corrected chi connectivity index (χ1v) is 14.3. The number of fused-ring (bicyclic) bond motifs is 1. The lowest BCUT2D eigenvalue weighted by Gasteiger charge is -2.30. The third-order valence-electron chi connectivity index (χ3n) is 7.91. The second kappa shape index (κ2) is 11.9. The van der Waals surface area contributed by atoms with Crippen LogP contribution in [-0.2, 0) is 21.7 Å². The largest absolute Gasteiger partial charge is 0.508 e. The Balaban J connectivity index is 0.000000255. The predicted molar refractivity (Wildman–Crippen MR) is 171 cm³/mol. The highest BCUT2D eigenvalue weighted by molar-refractivity contribution is 5.54. The summed E-state index contributed by atoms with van der Waals surface area (Å²) in [6.45, 7) is 21.0. The first-order valence-electron chi connectivity index (χ1n) is 14.3. The quantitative estimate of drug-likeness (QED) is 0.254. The number of hydrogen-bond donors (Lipinski definition) is 2. The molecule has 0 heterocycles. The van der Waals surface area contributed by atoms with Gasteiger partial charge in [0, 0.05) is 5.41 Å². The van der Waals surface area contributed by atoms with Crippen molar-refractivity contribution in [2.75, 3.05) is 0 Å². The van der Waals surface area contributed by atoms with Crippen molar-refractivity contribution in [3.8, 4) is 11.5 Å². The lowest BCUT2D eigenvalue weighted by Crippen LogP contribution is -2.24. The number of para-hydroxylation sites is 2. The zero-order chi connectivity index (χ0) is 29.8. The average Bonchev–Trinajstić information content (AvgIpc) is 3.10. The van der Waals surface area contributed by atoms with Crippen LogP contribution in [0.5, 0.6) is 11.5 Å². The summed E-state index contributed by atoms with van der Waals surface area (Å²) in [4.78, 5) is 0. The maximum atomic E-state index is 8.63. The van der Waals surface area contributed by atoms with Crippen LogP contribution >= 0.6 is 0 Å². The first-order chi connectivity index (χ1) is 18.5. The highest BCUT2D eigenvalue weighted by Gasteiger charge is 2.46. The molecule has 1 atom stereocenters. The molecule has 1 unspecified atom stereocenters. The van der Waals surface area contributed by atoms with Crippen molar-refractivity contribution < 1.29 is 10.2 Å². The standard InChI is InChI=1S/C26H36.2C6H6O/c1-23(2,3)18-10-12-19(13-11-18)26(9)17-25(7,8)21-15-14-20(16-22(21)26)24(4,5)6;2*7-6-4-2-1-3-5-6/h10-16H,17H2,1-9H3;2*1-5,7H. The van der Waals surface area contributed by atoms with E-state index in [0.717, 1.165) is 6.42 Å². The molecule has 40 heavy (non-hydrogen) atoms. The van der Waals surface area contributed by atoms with Gasteiger partial charge in [0.1, 0.15) is 11.5 Å². The van der Waals surface area contributed by atoms with E-state index in [4.69, 9.17) is 10.2 Å². The second-order valence-corrected chi connectivity index (χ2v) is 13.9. The molecule has 0 saturated heterocycles. The van der Waals surface area contributed by atoms with Crippen molar-refractivity contribution in [2.24, 2.45) is 0 Å². The molecule has 0 bridgehead atoms. The Hall–Kier alpha value is -3.52. The zero-order valence-corrected chi connectivity index (χ0v) is 25.9. The van der Waals surface area contributed by atoms with E-state index in [1.54, 1.807) is 48.5 Å². The Morgan fingerprint density at radius 3 is 1.32 bits per heavy atom. The van der Waals surface area contributed by atoms with E-state index < -0.39 is 0 Å². The summed E-state index contributed by atoms with van der Waals surface area (Å²) in [6.07, 6.45) is 1.16. The van der Waals surface area contributed by atoms with Gasteiger partial charge in [-0.3, -0.25) is 0 Å². The fourth-order valence-corrected chi connectivity index (χ4v) is 5.58. The number of hydrogen-bond acceptors (Lipinski definition) is 2. The summed E-state index contributed by atoms with van der Waals surface area (Å²) < 4.78 is 0. The minimum Gasteiger partial charge on any atom is -0.508 e. The minimum absolute atomic E-state index is 0.0799.